The van der Waals surface area contributed by atoms with E-state index in [0.717, 1.165) is 0 Å². The van der Waals surface area contributed by atoms with Crippen molar-refractivity contribution in [3.63, 3.8) is 0 Å². The van der Waals surface area contributed by atoms with Crippen LogP contribution in [0.5, 0.6) is 0 Å². The van der Waals surface area contributed by atoms with Gasteiger partial charge >= 0.3 is 35.6 Å². The van der Waals surface area contributed by atoms with Crippen LogP contribution in [-0.4, -0.2) is 0 Å². The molecule has 1 radical (unpaired) electrons. The van der Waals surface area contributed by atoms with Gasteiger partial charge in [-0.25, -0.2) is 0 Å². The van der Waals surface area contributed by atoms with E-state index in [1.807, 2.05) is 0 Å². The fourth-order valence-electron chi connectivity index (χ4n) is 2.87. The van der Waals surface area contributed by atoms with Crippen LogP contribution in [0.2, 0.25) is 0 Å². The SMILES string of the molecule is CCCCc1ccc(-c2cccc3c2C=C(C)[CH]3)cc1.[Cl][Ti][Cl]. The molecule has 1 aliphatic carbocycles. The van der Waals surface area contributed by atoms with Crippen molar-refractivity contribution in [2.75, 3.05) is 0 Å². The topological polar surface area (TPSA) is 0 Å². The predicted molar refractivity (Wildman–Crippen MR) is 99.2 cm³/mol. The fraction of sp³-hybridized carbons (Fsp3) is 0.250. The van der Waals surface area contributed by atoms with Crippen LogP contribution in [0.3, 0.4) is 0 Å². The van der Waals surface area contributed by atoms with Crippen LogP contribution >= 0.6 is 18.6 Å². The summed E-state index contributed by atoms with van der Waals surface area (Å²) in [6, 6.07) is 15.7. The molecule has 0 unspecified atom stereocenters. The van der Waals surface area contributed by atoms with Crippen LogP contribution in [0.4, 0.5) is 0 Å². The number of allylic oxidation sites excluding steroid dienone is 1. The third kappa shape index (κ3) is 5.23. The summed E-state index contributed by atoms with van der Waals surface area (Å²) in [5.74, 6) is 0. The van der Waals surface area contributed by atoms with Crippen LogP contribution in [0.1, 0.15) is 43.4 Å². The second kappa shape index (κ2) is 9.69. The Labute approximate surface area is 156 Å². The summed E-state index contributed by atoms with van der Waals surface area (Å²) in [7, 11) is 9.78. The summed E-state index contributed by atoms with van der Waals surface area (Å²) in [6.07, 6.45) is 8.27. The molecule has 2 aromatic carbocycles. The van der Waals surface area contributed by atoms with Crippen molar-refractivity contribution < 1.29 is 17.0 Å². The van der Waals surface area contributed by atoms with E-state index in [4.69, 9.17) is 18.6 Å². The molecule has 0 aromatic heterocycles. The third-order valence-corrected chi connectivity index (χ3v) is 3.98. The van der Waals surface area contributed by atoms with Crippen molar-refractivity contribution in [1.29, 1.82) is 0 Å². The third-order valence-electron chi connectivity index (χ3n) is 3.98. The van der Waals surface area contributed by atoms with Crippen molar-refractivity contribution in [3.05, 3.63) is 71.1 Å². The maximum atomic E-state index is 4.89. The molecule has 0 atom stereocenters. The molecule has 1 aliphatic rings. The Kier molecular flexibility index (Phi) is 7.93. The molecular formula is C20H21Cl2Ti. The molecule has 0 aliphatic heterocycles. The van der Waals surface area contributed by atoms with Crippen molar-refractivity contribution in [2.45, 2.75) is 33.1 Å². The van der Waals surface area contributed by atoms with E-state index in [9.17, 15) is 0 Å². The average molecular weight is 380 g/mol. The van der Waals surface area contributed by atoms with Gasteiger partial charge in [-0.3, -0.25) is 0 Å². The van der Waals surface area contributed by atoms with E-state index in [1.165, 1.54) is 52.7 Å². The van der Waals surface area contributed by atoms with Crippen molar-refractivity contribution in [2.24, 2.45) is 0 Å². The standard InChI is InChI=1S/C20H21.2ClH.Ti/c1-3-4-6-16-9-11-17(12-10-16)19-8-5-7-18-13-15(2)14-20(18)19;;;/h5,7-14H,3-4,6H2,1-2H3;2*1H;/q;;;+2/p-2. The zero-order chi connectivity index (χ0) is 16.7. The number of aryl methyl sites for hydroxylation is 1. The van der Waals surface area contributed by atoms with Crippen LogP contribution in [-0.2, 0) is 23.5 Å². The Morgan fingerprint density at radius 3 is 2.35 bits per heavy atom. The summed E-state index contributed by atoms with van der Waals surface area (Å²) in [5.41, 5.74) is 8.16. The monoisotopic (exact) mass is 379 g/mol. The van der Waals surface area contributed by atoms with Crippen LogP contribution in [0.15, 0.2) is 48.0 Å². The normalized spacial score (nSPS) is 12.1. The average Bonchev–Trinajstić information content (AvgIpc) is 2.94. The quantitative estimate of drug-likeness (QED) is 0.499. The summed E-state index contributed by atoms with van der Waals surface area (Å²) >= 11 is -0.556. The predicted octanol–water partition coefficient (Wildman–Crippen LogP) is 7.04. The van der Waals surface area contributed by atoms with E-state index >= 15 is 0 Å². The maximum absolute atomic E-state index is 4.89. The van der Waals surface area contributed by atoms with Gasteiger partial charge in [0, 0.05) is 6.42 Å². The molecule has 0 amide bonds. The van der Waals surface area contributed by atoms with E-state index in [2.05, 4.69) is 68.8 Å². The summed E-state index contributed by atoms with van der Waals surface area (Å²) < 4.78 is 0. The molecule has 119 valence electrons. The van der Waals surface area contributed by atoms with Gasteiger partial charge in [-0.15, -0.1) is 0 Å². The molecule has 0 saturated carbocycles. The van der Waals surface area contributed by atoms with Gasteiger partial charge in [0.1, 0.15) is 0 Å². The minimum absolute atomic E-state index is 0.556. The van der Waals surface area contributed by atoms with Crippen LogP contribution in [0.25, 0.3) is 17.2 Å². The zero-order valence-corrected chi connectivity index (χ0v) is 16.6. The summed E-state index contributed by atoms with van der Waals surface area (Å²) in [5, 5.41) is 0. The van der Waals surface area contributed by atoms with Crippen molar-refractivity contribution >= 4 is 24.7 Å². The fourth-order valence-corrected chi connectivity index (χ4v) is 2.87. The molecule has 0 spiro atoms. The molecule has 0 nitrogen and oxygen atoms in total. The first-order valence-electron chi connectivity index (χ1n) is 7.91. The van der Waals surface area contributed by atoms with Gasteiger partial charge in [0.25, 0.3) is 0 Å². The molecule has 3 heteroatoms. The molecular weight excluding hydrogens is 359 g/mol. The number of benzene rings is 2. The van der Waals surface area contributed by atoms with Crippen LogP contribution < -0.4 is 0 Å². The Morgan fingerprint density at radius 2 is 1.70 bits per heavy atom. The molecule has 3 rings (SSSR count). The Balaban J connectivity index is 0.000000595. The second-order valence-electron chi connectivity index (χ2n) is 5.71. The molecule has 0 fully saturated rings. The Hall–Kier alpha value is -0.526. The van der Waals surface area contributed by atoms with Gasteiger partial charge in [0.2, 0.25) is 0 Å². The number of hydrogen-bond acceptors (Lipinski definition) is 0. The van der Waals surface area contributed by atoms with Gasteiger partial charge < -0.3 is 0 Å². The van der Waals surface area contributed by atoms with Gasteiger partial charge in [-0.2, -0.15) is 0 Å². The first-order valence-corrected chi connectivity index (χ1v) is 12.2. The number of halogens is 2. The molecule has 23 heavy (non-hydrogen) atoms. The second-order valence-corrected chi connectivity index (χ2v) is 8.29. The molecule has 0 N–H and O–H groups in total. The Bertz CT molecular complexity index is 660. The molecule has 0 saturated heterocycles. The number of rotatable bonds is 4. The zero-order valence-electron chi connectivity index (χ0n) is 13.6. The number of unbranched alkanes of at least 4 members (excludes halogenated alkanes) is 1. The van der Waals surface area contributed by atoms with E-state index < -0.39 is 17.0 Å². The van der Waals surface area contributed by atoms with E-state index in [-0.39, 0.29) is 0 Å². The molecule has 2 aromatic rings. The first-order chi connectivity index (χ1) is 11.2. The minimum atomic E-state index is -0.556. The summed E-state index contributed by atoms with van der Waals surface area (Å²) in [4.78, 5) is 0. The van der Waals surface area contributed by atoms with Gasteiger partial charge in [0.15, 0.2) is 0 Å². The molecule has 0 bridgehead atoms. The van der Waals surface area contributed by atoms with Gasteiger partial charge in [-0.1, -0.05) is 67.5 Å². The summed E-state index contributed by atoms with van der Waals surface area (Å²) in [6.45, 7) is 4.41. The number of fused-ring (bicyclic) bond motifs is 1. The van der Waals surface area contributed by atoms with Gasteiger partial charge in [-0.05, 0) is 47.6 Å². The Morgan fingerprint density at radius 1 is 1.00 bits per heavy atom. The van der Waals surface area contributed by atoms with Crippen molar-refractivity contribution in [3.8, 4) is 11.1 Å². The first kappa shape index (κ1) is 18.8. The van der Waals surface area contributed by atoms with E-state index in [0.29, 0.717) is 0 Å². The number of hydrogen-bond donors (Lipinski definition) is 0. The van der Waals surface area contributed by atoms with Gasteiger partial charge in [0.05, 0.1) is 0 Å². The van der Waals surface area contributed by atoms with E-state index in [1.54, 1.807) is 0 Å². The van der Waals surface area contributed by atoms with Crippen LogP contribution in [0, 0.1) is 6.42 Å². The molecule has 0 heterocycles. The van der Waals surface area contributed by atoms with Crippen molar-refractivity contribution in [1.82, 2.24) is 0 Å².